The SMILES string of the molecule is COc1ccc(CCC(=O)N2CCN(Cc3nc(-c4cccs4)no3)CC2)cc1Br. The van der Waals surface area contributed by atoms with E-state index < -0.39 is 0 Å². The molecule has 9 heteroatoms. The molecule has 158 valence electrons. The predicted molar refractivity (Wildman–Crippen MR) is 118 cm³/mol. The molecule has 0 radical (unpaired) electrons. The lowest BCUT2D eigenvalue weighted by Crippen LogP contribution is -2.48. The summed E-state index contributed by atoms with van der Waals surface area (Å²) in [5.74, 6) is 2.24. The van der Waals surface area contributed by atoms with Gasteiger partial charge in [-0.25, -0.2) is 0 Å². The number of benzene rings is 1. The van der Waals surface area contributed by atoms with Gasteiger partial charge in [0.05, 0.1) is 23.0 Å². The molecule has 0 unspecified atom stereocenters. The van der Waals surface area contributed by atoms with E-state index in [0.717, 1.165) is 53.3 Å². The van der Waals surface area contributed by atoms with Gasteiger partial charge in [0.25, 0.3) is 0 Å². The molecule has 2 aromatic heterocycles. The molecule has 1 amide bonds. The van der Waals surface area contributed by atoms with E-state index in [-0.39, 0.29) is 5.91 Å². The molecule has 7 nitrogen and oxygen atoms in total. The molecule has 1 fully saturated rings. The summed E-state index contributed by atoms with van der Waals surface area (Å²) in [6, 6.07) is 9.89. The van der Waals surface area contributed by atoms with Crippen molar-refractivity contribution in [2.24, 2.45) is 0 Å². The van der Waals surface area contributed by atoms with Crippen LogP contribution in [0.5, 0.6) is 5.75 Å². The number of thiophene rings is 1. The van der Waals surface area contributed by atoms with Crippen LogP contribution in [0.2, 0.25) is 0 Å². The van der Waals surface area contributed by atoms with Crippen LogP contribution < -0.4 is 4.74 Å². The normalized spacial score (nSPS) is 14.8. The largest absolute Gasteiger partial charge is 0.496 e. The van der Waals surface area contributed by atoms with Crippen LogP contribution in [0.3, 0.4) is 0 Å². The lowest BCUT2D eigenvalue weighted by atomic mass is 10.1. The minimum atomic E-state index is 0.194. The number of ether oxygens (including phenoxy) is 1. The van der Waals surface area contributed by atoms with Crippen molar-refractivity contribution in [3.63, 3.8) is 0 Å². The molecule has 0 saturated carbocycles. The molecule has 4 rings (SSSR count). The minimum absolute atomic E-state index is 0.194. The molecule has 0 N–H and O–H groups in total. The molecule has 3 aromatic rings. The van der Waals surface area contributed by atoms with Crippen molar-refractivity contribution in [1.82, 2.24) is 19.9 Å². The van der Waals surface area contributed by atoms with Crippen LogP contribution in [0, 0.1) is 0 Å². The molecule has 30 heavy (non-hydrogen) atoms. The third kappa shape index (κ3) is 5.08. The van der Waals surface area contributed by atoms with Crippen LogP contribution >= 0.6 is 27.3 Å². The van der Waals surface area contributed by atoms with Gasteiger partial charge in [0, 0.05) is 32.6 Å². The molecule has 0 bridgehead atoms. The number of aryl methyl sites for hydroxylation is 1. The number of nitrogens with zero attached hydrogens (tertiary/aromatic N) is 4. The molecule has 1 aromatic carbocycles. The predicted octanol–water partition coefficient (Wildman–Crippen LogP) is 3.85. The Bertz CT molecular complexity index is 984. The van der Waals surface area contributed by atoms with E-state index in [0.29, 0.717) is 24.7 Å². The molecule has 1 saturated heterocycles. The summed E-state index contributed by atoms with van der Waals surface area (Å²) in [5.41, 5.74) is 1.12. The lowest BCUT2D eigenvalue weighted by Gasteiger charge is -2.34. The van der Waals surface area contributed by atoms with Crippen molar-refractivity contribution >= 4 is 33.2 Å². The average molecular weight is 491 g/mol. The highest BCUT2D eigenvalue weighted by molar-refractivity contribution is 9.10. The third-order valence-electron chi connectivity index (χ3n) is 5.14. The topological polar surface area (TPSA) is 71.7 Å². The van der Waals surface area contributed by atoms with Crippen LogP contribution in [-0.4, -0.2) is 59.1 Å². The maximum atomic E-state index is 12.6. The summed E-state index contributed by atoms with van der Waals surface area (Å²) in [7, 11) is 1.64. The Morgan fingerprint density at radius 3 is 2.80 bits per heavy atom. The first-order valence-electron chi connectivity index (χ1n) is 9.81. The fraction of sp³-hybridized carbons (Fsp3) is 0.381. The summed E-state index contributed by atoms with van der Waals surface area (Å²) in [5, 5.41) is 6.05. The van der Waals surface area contributed by atoms with E-state index in [4.69, 9.17) is 9.26 Å². The van der Waals surface area contributed by atoms with Gasteiger partial charge in [-0.2, -0.15) is 4.98 Å². The van der Waals surface area contributed by atoms with Crippen molar-refractivity contribution in [2.45, 2.75) is 19.4 Å². The Labute approximate surface area is 187 Å². The average Bonchev–Trinajstić information content (AvgIpc) is 3.45. The van der Waals surface area contributed by atoms with E-state index in [1.807, 2.05) is 40.6 Å². The van der Waals surface area contributed by atoms with Crippen molar-refractivity contribution in [3.05, 3.63) is 51.6 Å². The van der Waals surface area contributed by atoms with Crippen LogP contribution in [0.15, 0.2) is 44.7 Å². The van der Waals surface area contributed by atoms with Crippen LogP contribution in [-0.2, 0) is 17.8 Å². The first kappa shape index (κ1) is 21.0. The van der Waals surface area contributed by atoms with Crippen molar-refractivity contribution < 1.29 is 14.1 Å². The number of halogens is 1. The number of carbonyl (C=O) groups excluding carboxylic acids is 1. The number of rotatable bonds is 7. The zero-order valence-corrected chi connectivity index (χ0v) is 19.1. The summed E-state index contributed by atoms with van der Waals surface area (Å²) in [6.07, 6.45) is 1.22. The molecule has 1 aliphatic rings. The highest BCUT2D eigenvalue weighted by Crippen LogP contribution is 2.26. The number of carbonyl (C=O) groups is 1. The second-order valence-corrected chi connectivity index (χ2v) is 8.92. The fourth-order valence-electron chi connectivity index (χ4n) is 3.45. The van der Waals surface area contributed by atoms with Crippen molar-refractivity contribution in [1.29, 1.82) is 0 Å². The summed E-state index contributed by atoms with van der Waals surface area (Å²) in [4.78, 5) is 22.3. The number of hydrogen-bond acceptors (Lipinski definition) is 7. The van der Waals surface area contributed by atoms with Crippen molar-refractivity contribution in [2.75, 3.05) is 33.3 Å². The molecule has 1 aliphatic heterocycles. The van der Waals surface area contributed by atoms with E-state index in [1.165, 1.54) is 0 Å². The van der Waals surface area contributed by atoms with Crippen LogP contribution in [0.4, 0.5) is 0 Å². The monoisotopic (exact) mass is 490 g/mol. The van der Waals surface area contributed by atoms with Gasteiger partial charge >= 0.3 is 0 Å². The van der Waals surface area contributed by atoms with Gasteiger partial charge in [-0.15, -0.1) is 11.3 Å². The van der Waals surface area contributed by atoms with Gasteiger partial charge in [0.15, 0.2) is 0 Å². The Morgan fingerprint density at radius 1 is 1.27 bits per heavy atom. The molecule has 3 heterocycles. The van der Waals surface area contributed by atoms with Gasteiger partial charge in [-0.3, -0.25) is 9.69 Å². The standard InChI is InChI=1S/C21H23BrN4O3S/c1-28-17-6-4-15(13-16(17)22)5-7-20(27)26-10-8-25(9-11-26)14-19-23-21(24-29-19)18-3-2-12-30-18/h2-4,6,12-13H,5,7-11,14H2,1H3. The fourth-order valence-corrected chi connectivity index (χ4v) is 4.68. The van der Waals surface area contributed by atoms with Crippen molar-refractivity contribution in [3.8, 4) is 16.5 Å². The van der Waals surface area contributed by atoms with E-state index >= 15 is 0 Å². The molecular weight excluding hydrogens is 468 g/mol. The van der Waals surface area contributed by atoms with Gasteiger partial charge in [0.2, 0.25) is 17.6 Å². The number of aromatic nitrogens is 2. The summed E-state index contributed by atoms with van der Waals surface area (Å²) in [6.45, 7) is 3.65. The Morgan fingerprint density at radius 2 is 2.10 bits per heavy atom. The van der Waals surface area contributed by atoms with Gasteiger partial charge in [-0.05, 0) is 51.5 Å². The first-order valence-corrected chi connectivity index (χ1v) is 11.5. The third-order valence-corrected chi connectivity index (χ3v) is 6.62. The maximum absolute atomic E-state index is 12.6. The Kier molecular flexibility index (Phi) is 6.81. The van der Waals surface area contributed by atoms with E-state index in [2.05, 4.69) is 31.0 Å². The minimum Gasteiger partial charge on any atom is -0.496 e. The number of amides is 1. The van der Waals surface area contributed by atoms with E-state index in [9.17, 15) is 4.79 Å². The quantitative estimate of drug-likeness (QED) is 0.500. The van der Waals surface area contributed by atoms with E-state index in [1.54, 1.807) is 18.4 Å². The van der Waals surface area contributed by atoms with Gasteiger partial charge < -0.3 is 14.2 Å². The summed E-state index contributed by atoms with van der Waals surface area (Å²) < 4.78 is 11.6. The lowest BCUT2D eigenvalue weighted by molar-refractivity contribution is -0.133. The second-order valence-electron chi connectivity index (χ2n) is 7.11. The highest BCUT2D eigenvalue weighted by Gasteiger charge is 2.22. The van der Waals surface area contributed by atoms with Gasteiger partial charge in [0.1, 0.15) is 5.75 Å². The smallest absolute Gasteiger partial charge is 0.241 e. The second kappa shape index (κ2) is 9.72. The van der Waals surface area contributed by atoms with Crippen LogP contribution in [0.1, 0.15) is 17.9 Å². The molecule has 0 atom stereocenters. The number of hydrogen-bond donors (Lipinski definition) is 0. The Hall–Kier alpha value is -2.23. The molecule has 0 aliphatic carbocycles. The maximum Gasteiger partial charge on any atom is 0.241 e. The number of methoxy groups -OCH3 is 1. The number of piperazine rings is 1. The van der Waals surface area contributed by atoms with Crippen LogP contribution in [0.25, 0.3) is 10.7 Å². The molecular formula is C21H23BrN4O3S. The first-order chi connectivity index (χ1) is 14.6. The molecule has 0 spiro atoms. The Balaban J connectivity index is 1.23. The zero-order chi connectivity index (χ0) is 20.9. The van der Waals surface area contributed by atoms with Gasteiger partial charge in [-0.1, -0.05) is 17.3 Å². The zero-order valence-electron chi connectivity index (χ0n) is 16.7. The summed E-state index contributed by atoms with van der Waals surface area (Å²) >= 11 is 5.09. The highest BCUT2D eigenvalue weighted by atomic mass is 79.9.